The predicted molar refractivity (Wildman–Crippen MR) is 63.9 cm³/mol. The lowest BCUT2D eigenvalue weighted by molar-refractivity contribution is 0.788. The van der Waals surface area contributed by atoms with Crippen LogP contribution in [0, 0.1) is 20.8 Å². The van der Waals surface area contributed by atoms with Crippen LogP contribution < -0.4 is 5.56 Å². The van der Waals surface area contributed by atoms with Gasteiger partial charge in [-0.05, 0) is 36.7 Å². The van der Waals surface area contributed by atoms with Crippen molar-refractivity contribution in [1.29, 1.82) is 0 Å². The molecule has 0 bridgehead atoms. The van der Waals surface area contributed by atoms with E-state index in [1.165, 1.54) is 6.07 Å². The lowest BCUT2D eigenvalue weighted by Crippen LogP contribution is -2.13. The fourth-order valence-electron chi connectivity index (χ4n) is 1.52. The van der Waals surface area contributed by atoms with E-state index in [-0.39, 0.29) is 5.56 Å². The maximum absolute atomic E-state index is 11.3. The Balaban J connectivity index is 2.67. The van der Waals surface area contributed by atoms with E-state index < -0.39 is 0 Å². The molecule has 0 fully saturated rings. The summed E-state index contributed by atoms with van der Waals surface area (Å²) in [5.41, 5.74) is 1.62. The second-order valence-electron chi connectivity index (χ2n) is 3.59. The summed E-state index contributed by atoms with van der Waals surface area (Å²) in [5.74, 6) is 1.11. The lowest BCUT2D eigenvalue weighted by Gasteiger charge is -2.03. The Hall–Kier alpha value is -1.43. The van der Waals surface area contributed by atoms with Crippen LogP contribution in [0.3, 0.4) is 0 Å². The second kappa shape index (κ2) is 3.86. The van der Waals surface area contributed by atoms with Crippen molar-refractivity contribution in [3.8, 4) is 5.82 Å². The van der Waals surface area contributed by atoms with Gasteiger partial charge in [0.2, 0.25) is 0 Å². The molecule has 0 saturated heterocycles. The van der Waals surface area contributed by atoms with Crippen LogP contribution in [-0.4, -0.2) is 19.7 Å². The number of nitrogens with zero attached hydrogens (tertiary/aromatic N) is 3. The summed E-state index contributed by atoms with van der Waals surface area (Å²) < 4.78 is 2.59. The van der Waals surface area contributed by atoms with Gasteiger partial charge in [-0.15, -0.1) is 0 Å². The summed E-state index contributed by atoms with van der Waals surface area (Å²) in [6.45, 7) is 5.56. The summed E-state index contributed by atoms with van der Waals surface area (Å²) in [6.07, 6.45) is 0. The maximum Gasteiger partial charge on any atom is 0.253 e. The van der Waals surface area contributed by atoms with Crippen LogP contribution in [0.5, 0.6) is 0 Å². The number of hydrogen-bond acceptors (Lipinski definition) is 3. The largest absolute Gasteiger partial charge is 0.311 e. The van der Waals surface area contributed by atoms with E-state index >= 15 is 0 Å². The van der Waals surface area contributed by atoms with Gasteiger partial charge in [-0.3, -0.25) is 4.79 Å². The Morgan fingerprint density at radius 1 is 1.38 bits per heavy atom. The Morgan fingerprint density at radius 2 is 2.06 bits per heavy atom. The smallest absolute Gasteiger partial charge is 0.253 e. The van der Waals surface area contributed by atoms with Gasteiger partial charge in [0.15, 0.2) is 5.82 Å². The zero-order valence-corrected chi connectivity index (χ0v) is 10.8. The molecular weight excluding hydrogens is 272 g/mol. The molecule has 2 heterocycles. The number of hydrogen-bond donors (Lipinski definition) is 1. The molecule has 0 aliphatic heterocycles. The molecular formula is C10H11BrN4O. The molecule has 0 saturated carbocycles. The van der Waals surface area contributed by atoms with Gasteiger partial charge in [0.25, 0.3) is 5.56 Å². The van der Waals surface area contributed by atoms with E-state index in [4.69, 9.17) is 0 Å². The predicted octanol–water partition coefficient (Wildman–Crippen LogP) is 1.64. The van der Waals surface area contributed by atoms with Crippen molar-refractivity contribution in [3.63, 3.8) is 0 Å². The number of rotatable bonds is 1. The third-order valence-electron chi connectivity index (χ3n) is 2.27. The average molecular weight is 283 g/mol. The summed E-state index contributed by atoms with van der Waals surface area (Å²) >= 11 is 3.44. The third kappa shape index (κ3) is 1.80. The molecule has 0 aliphatic carbocycles. The Bertz CT molecular complexity index is 599. The number of aromatic amines is 1. The van der Waals surface area contributed by atoms with E-state index in [0.717, 1.165) is 15.9 Å². The van der Waals surface area contributed by atoms with E-state index in [0.29, 0.717) is 11.6 Å². The van der Waals surface area contributed by atoms with Crippen LogP contribution in [0.25, 0.3) is 5.82 Å². The van der Waals surface area contributed by atoms with Crippen LogP contribution >= 0.6 is 15.9 Å². The van der Waals surface area contributed by atoms with E-state index in [2.05, 4.69) is 31.0 Å². The SMILES string of the molecule is Cc1nc(-n2nc(C)c(Br)c2C)cc(=O)[nH]1. The highest BCUT2D eigenvalue weighted by atomic mass is 79.9. The number of H-pyrrole nitrogens is 1. The first-order valence-electron chi connectivity index (χ1n) is 4.79. The number of nitrogens with one attached hydrogen (secondary N) is 1. The van der Waals surface area contributed by atoms with Crippen LogP contribution in [0.4, 0.5) is 0 Å². The zero-order valence-electron chi connectivity index (χ0n) is 9.21. The Kier molecular flexibility index (Phi) is 2.67. The summed E-state index contributed by atoms with van der Waals surface area (Å²) in [6, 6.07) is 1.43. The first-order valence-corrected chi connectivity index (χ1v) is 5.58. The quantitative estimate of drug-likeness (QED) is 0.865. The highest BCUT2D eigenvalue weighted by molar-refractivity contribution is 9.10. The summed E-state index contributed by atoms with van der Waals surface area (Å²) in [4.78, 5) is 18.2. The highest BCUT2D eigenvalue weighted by Gasteiger charge is 2.11. The zero-order chi connectivity index (χ0) is 11.9. The fourth-order valence-corrected chi connectivity index (χ4v) is 1.77. The van der Waals surface area contributed by atoms with Crippen molar-refractivity contribution < 1.29 is 0 Å². The molecule has 0 radical (unpaired) electrons. The van der Waals surface area contributed by atoms with Crippen molar-refractivity contribution >= 4 is 15.9 Å². The van der Waals surface area contributed by atoms with Crippen molar-refractivity contribution in [1.82, 2.24) is 19.7 Å². The lowest BCUT2D eigenvalue weighted by atomic mass is 10.4. The fraction of sp³-hybridized carbons (Fsp3) is 0.300. The van der Waals surface area contributed by atoms with E-state index in [9.17, 15) is 4.79 Å². The van der Waals surface area contributed by atoms with Gasteiger partial charge in [0.05, 0.1) is 15.9 Å². The molecule has 2 aromatic heterocycles. The Morgan fingerprint density at radius 3 is 2.56 bits per heavy atom. The van der Waals surface area contributed by atoms with Gasteiger partial charge in [-0.1, -0.05) is 0 Å². The van der Waals surface area contributed by atoms with Crippen molar-refractivity contribution in [3.05, 3.63) is 38.1 Å². The second-order valence-corrected chi connectivity index (χ2v) is 4.38. The van der Waals surface area contributed by atoms with Crippen LogP contribution in [0.1, 0.15) is 17.2 Å². The average Bonchev–Trinajstić information content (AvgIpc) is 2.44. The topological polar surface area (TPSA) is 63.6 Å². The van der Waals surface area contributed by atoms with Gasteiger partial charge in [-0.25, -0.2) is 9.67 Å². The van der Waals surface area contributed by atoms with Crippen molar-refractivity contribution in [2.45, 2.75) is 20.8 Å². The molecule has 0 unspecified atom stereocenters. The minimum atomic E-state index is -0.175. The number of aromatic nitrogens is 4. The first-order chi connectivity index (χ1) is 7.49. The third-order valence-corrected chi connectivity index (χ3v) is 3.41. The summed E-state index contributed by atoms with van der Waals surface area (Å²) in [5, 5.41) is 4.32. The molecule has 0 aliphatic rings. The molecule has 5 nitrogen and oxygen atoms in total. The van der Waals surface area contributed by atoms with Crippen molar-refractivity contribution in [2.24, 2.45) is 0 Å². The van der Waals surface area contributed by atoms with Crippen LogP contribution in [-0.2, 0) is 0 Å². The van der Waals surface area contributed by atoms with Crippen molar-refractivity contribution in [2.75, 3.05) is 0 Å². The van der Waals surface area contributed by atoms with Gasteiger partial charge in [-0.2, -0.15) is 5.10 Å². The number of halogens is 1. The minimum Gasteiger partial charge on any atom is -0.311 e. The van der Waals surface area contributed by atoms with Crippen LogP contribution in [0.2, 0.25) is 0 Å². The Labute approximate surface area is 101 Å². The van der Waals surface area contributed by atoms with Crippen LogP contribution in [0.15, 0.2) is 15.3 Å². The number of aryl methyl sites for hydroxylation is 2. The molecule has 0 amide bonds. The van der Waals surface area contributed by atoms with E-state index in [1.807, 2.05) is 13.8 Å². The highest BCUT2D eigenvalue weighted by Crippen LogP contribution is 2.21. The normalized spacial score (nSPS) is 10.8. The molecule has 84 valence electrons. The molecule has 2 aromatic rings. The summed E-state index contributed by atoms with van der Waals surface area (Å²) in [7, 11) is 0. The molecule has 0 atom stereocenters. The molecule has 16 heavy (non-hydrogen) atoms. The minimum absolute atomic E-state index is 0.175. The van der Waals surface area contributed by atoms with E-state index in [1.54, 1.807) is 11.6 Å². The molecule has 0 spiro atoms. The molecule has 6 heteroatoms. The van der Waals surface area contributed by atoms with Gasteiger partial charge >= 0.3 is 0 Å². The van der Waals surface area contributed by atoms with Gasteiger partial charge in [0.1, 0.15) is 5.82 Å². The molecule has 1 N–H and O–H groups in total. The first kappa shape index (κ1) is 11.1. The maximum atomic E-state index is 11.3. The molecule has 2 rings (SSSR count). The van der Waals surface area contributed by atoms with Gasteiger partial charge in [0, 0.05) is 6.07 Å². The monoisotopic (exact) mass is 282 g/mol. The standard InChI is InChI=1S/C10H11BrN4O/c1-5-10(11)6(2)15(14-5)8-4-9(16)13-7(3)12-8/h4H,1-3H3,(H,12,13,16). The molecule has 0 aromatic carbocycles. The van der Waals surface area contributed by atoms with Gasteiger partial charge < -0.3 is 4.98 Å².